The molecule has 14 heavy (non-hydrogen) atoms. The fourth-order valence-corrected chi connectivity index (χ4v) is 2.08. The monoisotopic (exact) mass is 196 g/mol. The molecule has 0 spiro atoms. The first kappa shape index (κ1) is 11.4. The molecule has 1 rings (SSSR count). The minimum absolute atomic E-state index is 0.639. The normalized spacial score (nSPS) is 20.9. The van der Waals surface area contributed by atoms with Crippen LogP contribution in [0.4, 0.5) is 0 Å². The molecule has 0 aromatic carbocycles. The summed E-state index contributed by atoms with van der Waals surface area (Å²) in [5.74, 6) is 0. The van der Waals surface area contributed by atoms with E-state index in [0.717, 1.165) is 6.54 Å². The van der Waals surface area contributed by atoms with E-state index < -0.39 is 0 Å². The first-order chi connectivity index (χ1) is 6.83. The molecule has 0 bridgehead atoms. The molecule has 0 amide bonds. The Kier molecular flexibility index (Phi) is 4.85. The number of rotatable bonds is 6. The van der Waals surface area contributed by atoms with E-state index in [0.29, 0.717) is 6.17 Å². The lowest BCUT2D eigenvalue weighted by Gasteiger charge is -2.32. The predicted octanol–water partition coefficient (Wildman–Crippen LogP) is 3.02. The molecule has 1 atom stereocenters. The van der Waals surface area contributed by atoms with Gasteiger partial charge in [0.2, 0.25) is 0 Å². The van der Waals surface area contributed by atoms with Gasteiger partial charge in [-0.3, -0.25) is 0 Å². The molecule has 0 radical (unpaired) electrons. The molecule has 0 aromatic rings. The summed E-state index contributed by atoms with van der Waals surface area (Å²) < 4.78 is 0. The molecule has 0 N–H and O–H groups in total. The van der Waals surface area contributed by atoms with Crippen molar-refractivity contribution in [1.29, 1.82) is 0 Å². The summed E-state index contributed by atoms with van der Waals surface area (Å²) in [6, 6.07) is 0. The van der Waals surface area contributed by atoms with Gasteiger partial charge < -0.3 is 9.80 Å². The van der Waals surface area contributed by atoms with Gasteiger partial charge in [-0.25, -0.2) is 0 Å². The summed E-state index contributed by atoms with van der Waals surface area (Å²) in [5.41, 5.74) is 0. The van der Waals surface area contributed by atoms with Crippen LogP contribution in [0.15, 0.2) is 12.4 Å². The second-order valence-corrected chi connectivity index (χ2v) is 3.99. The molecule has 2 heteroatoms. The van der Waals surface area contributed by atoms with Crippen LogP contribution >= 0.6 is 0 Å². The van der Waals surface area contributed by atoms with Crippen molar-refractivity contribution in [3.8, 4) is 0 Å². The van der Waals surface area contributed by atoms with Crippen LogP contribution in [0.1, 0.15) is 46.5 Å². The molecule has 0 saturated heterocycles. The van der Waals surface area contributed by atoms with Crippen LogP contribution in [0.5, 0.6) is 0 Å². The Labute approximate surface area is 88.6 Å². The molecule has 1 aliphatic heterocycles. The highest BCUT2D eigenvalue weighted by atomic mass is 15.4. The highest BCUT2D eigenvalue weighted by Crippen LogP contribution is 2.20. The summed E-state index contributed by atoms with van der Waals surface area (Å²) in [5, 5.41) is 0. The molecular weight excluding hydrogens is 172 g/mol. The molecule has 0 saturated carbocycles. The summed E-state index contributed by atoms with van der Waals surface area (Å²) in [7, 11) is 0. The number of hydrogen-bond donors (Lipinski definition) is 0. The van der Waals surface area contributed by atoms with Crippen molar-refractivity contribution in [1.82, 2.24) is 9.80 Å². The van der Waals surface area contributed by atoms with Crippen LogP contribution in [0.25, 0.3) is 0 Å². The fourth-order valence-electron chi connectivity index (χ4n) is 2.08. The maximum Gasteiger partial charge on any atom is 0.101 e. The first-order valence-corrected chi connectivity index (χ1v) is 6.03. The summed E-state index contributed by atoms with van der Waals surface area (Å²) in [4.78, 5) is 4.94. The van der Waals surface area contributed by atoms with Crippen molar-refractivity contribution in [3.05, 3.63) is 12.4 Å². The first-order valence-electron chi connectivity index (χ1n) is 6.03. The van der Waals surface area contributed by atoms with Crippen molar-refractivity contribution in [2.45, 2.75) is 52.6 Å². The average Bonchev–Trinajstić information content (AvgIpc) is 2.58. The van der Waals surface area contributed by atoms with Crippen molar-refractivity contribution >= 4 is 0 Å². The number of hydrogen-bond acceptors (Lipinski definition) is 2. The van der Waals surface area contributed by atoms with E-state index in [1.807, 2.05) is 0 Å². The minimum atomic E-state index is 0.639. The van der Waals surface area contributed by atoms with Crippen LogP contribution < -0.4 is 0 Å². The van der Waals surface area contributed by atoms with E-state index in [1.54, 1.807) is 0 Å². The van der Waals surface area contributed by atoms with Crippen LogP contribution in [-0.2, 0) is 0 Å². The average molecular weight is 196 g/mol. The van der Waals surface area contributed by atoms with Crippen LogP contribution in [0.2, 0.25) is 0 Å². The van der Waals surface area contributed by atoms with Gasteiger partial charge in [0.1, 0.15) is 6.17 Å². The standard InChI is InChI=1S/C12H24N2/c1-4-7-8-12-13(6-3)10-11-14(12)9-5-2/h10-12H,4-9H2,1-3H3. The van der Waals surface area contributed by atoms with E-state index in [9.17, 15) is 0 Å². The van der Waals surface area contributed by atoms with Crippen LogP contribution in [0.3, 0.4) is 0 Å². The topological polar surface area (TPSA) is 6.48 Å². The highest BCUT2D eigenvalue weighted by Gasteiger charge is 2.23. The van der Waals surface area contributed by atoms with Gasteiger partial charge in [0.15, 0.2) is 0 Å². The van der Waals surface area contributed by atoms with E-state index in [4.69, 9.17) is 0 Å². The predicted molar refractivity (Wildman–Crippen MR) is 61.8 cm³/mol. The van der Waals surface area contributed by atoms with Gasteiger partial charge in [0.05, 0.1) is 0 Å². The maximum absolute atomic E-state index is 2.49. The second-order valence-electron chi connectivity index (χ2n) is 3.99. The Hall–Kier alpha value is -0.660. The highest BCUT2D eigenvalue weighted by molar-refractivity contribution is 4.96. The molecule has 0 aromatic heterocycles. The van der Waals surface area contributed by atoms with E-state index in [-0.39, 0.29) is 0 Å². The Morgan fingerprint density at radius 3 is 2.29 bits per heavy atom. The lowest BCUT2D eigenvalue weighted by atomic mass is 10.2. The second kappa shape index (κ2) is 5.94. The zero-order valence-corrected chi connectivity index (χ0v) is 9.87. The number of nitrogens with zero attached hydrogens (tertiary/aromatic N) is 2. The third-order valence-electron chi connectivity index (χ3n) is 2.88. The Morgan fingerprint density at radius 1 is 1.00 bits per heavy atom. The van der Waals surface area contributed by atoms with Gasteiger partial charge >= 0.3 is 0 Å². The molecule has 1 aliphatic rings. The Morgan fingerprint density at radius 2 is 1.71 bits per heavy atom. The molecule has 1 heterocycles. The summed E-state index contributed by atoms with van der Waals surface area (Å²) >= 11 is 0. The van der Waals surface area contributed by atoms with E-state index in [1.165, 1.54) is 32.2 Å². The van der Waals surface area contributed by atoms with Crippen LogP contribution in [-0.4, -0.2) is 29.1 Å². The van der Waals surface area contributed by atoms with Crippen molar-refractivity contribution in [2.24, 2.45) is 0 Å². The smallest absolute Gasteiger partial charge is 0.101 e. The maximum atomic E-state index is 2.49. The fraction of sp³-hybridized carbons (Fsp3) is 0.833. The Balaban J connectivity index is 2.46. The zero-order chi connectivity index (χ0) is 10.4. The number of unbranched alkanes of at least 4 members (excludes halogenated alkanes) is 1. The third kappa shape index (κ3) is 2.66. The van der Waals surface area contributed by atoms with Gasteiger partial charge in [-0.05, 0) is 26.2 Å². The van der Waals surface area contributed by atoms with Crippen LogP contribution in [0, 0.1) is 0 Å². The van der Waals surface area contributed by atoms with Crippen molar-refractivity contribution in [3.63, 3.8) is 0 Å². The zero-order valence-electron chi connectivity index (χ0n) is 9.87. The van der Waals surface area contributed by atoms with Crippen molar-refractivity contribution < 1.29 is 0 Å². The van der Waals surface area contributed by atoms with E-state index in [2.05, 4.69) is 43.0 Å². The van der Waals surface area contributed by atoms with E-state index >= 15 is 0 Å². The summed E-state index contributed by atoms with van der Waals surface area (Å²) in [6.45, 7) is 9.08. The van der Waals surface area contributed by atoms with Crippen molar-refractivity contribution in [2.75, 3.05) is 13.1 Å². The summed E-state index contributed by atoms with van der Waals surface area (Å²) in [6.07, 6.45) is 10.3. The SMILES string of the molecule is CCCCC1N(CC)C=CN1CCC. The van der Waals surface area contributed by atoms with Gasteiger partial charge in [-0.2, -0.15) is 0 Å². The lowest BCUT2D eigenvalue weighted by molar-refractivity contribution is 0.145. The molecule has 1 unspecified atom stereocenters. The van der Waals surface area contributed by atoms with Gasteiger partial charge in [-0.1, -0.05) is 20.3 Å². The quantitative estimate of drug-likeness (QED) is 0.644. The molecule has 2 nitrogen and oxygen atoms in total. The van der Waals surface area contributed by atoms with Gasteiger partial charge in [0.25, 0.3) is 0 Å². The molecule has 0 aliphatic carbocycles. The lowest BCUT2D eigenvalue weighted by Crippen LogP contribution is -2.38. The van der Waals surface area contributed by atoms with Gasteiger partial charge in [-0.15, -0.1) is 0 Å². The third-order valence-corrected chi connectivity index (χ3v) is 2.88. The largest absolute Gasteiger partial charge is 0.356 e. The minimum Gasteiger partial charge on any atom is -0.356 e. The molecule has 0 fully saturated rings. The molecule has 82 valence electrons. The molecular formula is C12H24N2. The Bertz CT molecular complexity index is 177. The van der Waals surface area contributed by atoms with Gasteiger partial charge in [0, 0.05) is 25.5 Å².